The van der Waals surface area contributed by atoms with E-state index in [-0.39, 0.29) is 28.8 Å². The summed E-state index contributed by atoms with van der Waals surface area (Å²) in [5.74, 6) is -3.38. The first kappa shape index (κ1) is 39.9. The molecular formula is C35H36F4N4O7S2. The SMILES string of the molecule is CC(C)(C)OC(=O)CNC(=O)C(Cc1ccc(-c2ncc(-c3ccc(OS(=O)(=O)C(F)(F)F)cc3F)cn2)cc1)NC(=O)c1ccc(C(C)(C)C)s1. The van der Waals surface area contributed by atoms with Gasteiger partial charge in [-0.25, -0.2) is 14.4 Å². The van der Waals surface area contributed by atoms with Gasteiger partial charge in [0.15, 0.2) is 5.82 Å². The zero-order valence-electron chi connectivity index (χ0n) is 28.9. The van der Waals surface area contributed by atoms with Crippen molar-refractivity contribution in [1.82, 2.24) is 20.6 Å². The van der Waals surface area contributed by atoms with Crippen molar-refractivity contribution < 1.29 is 49.3 Å². The van der Waals surface area contributed by atoms with Crippen LogP contribution in [0.2, 0.25) is 0 Å². The average molecular weight is 765 g/mol. The zero-order valence-corrected chi connectivity index (χ0v) is 30.6. The summed E-state index contributed by atoms with van der Waals surface area (Å²) >= 11 is 1.32. The maximum atomic E-state index is 14.7. The number of hydrogen-bond acceptors (Lipinski definition) is 10. The van der Waals surface area contributed by atoms with Crippen LogP contribution >= 0.6 is 11.3 Å². The van der Waals surface area contributed by atoms with Crippen LogP contribution in [0.3, 0.4) is 0 Å². The maximum Gasteiger partial charge on any atom is 0.534 e. The lowest BCUT2D eigenvalue weighted by atomic mass is 9.95. The molecule has 2 heterocycles. The Balaban J connectivity index is 1.48. The van der Waals surface area contributed by atoms with Crippen molar-refractivity contribution in [2.24, 2.45) is 0 Å². The number of esters is 1. The van der Waals surface area contributed by atoms with Gasteiger partial charge in [-0.1, -0.05) is 45.0 Å². The molecule has 2 N–H and O–H groups in total. The lowest BCUT2D eigenvalue weighted by Gasteiger charge is -2.21. The van der Waals surface area contributed by atoms with Gasteiger partial charge in [0.05, 0.1) is 4.88 Å². The minimum Gasteiger partial charge on any atom is -0.459 e. The minimum atomic E-state index is -5.97. The highest BCUT2D eigenvalue weighted by Gasteiger charge is 2.48. The van der Waals surface area contributed by atoms with Crippen LogP contribution in [-0.4, -0.2) is 59.9 Å². The number of carbonyl (C=O) groups is 3. The third kappa shape index (κ3) is 10.6. The van der Waals surface area contributed by atoms with E-state index in [0.29, 0.717) is 22.1 Å². The topological polar surface area (TPSA) is 154 Å². The summed E-state index contributed by atoms with van der Waals surface area (Å²) in [5.41, 5.74) is -5.38. The highest BCUT2D eigenvalue weighted by molar-refractivity contribution is 7.88. The molecule has 0 bridgehead atoms. The molecule has 0 saturated heterocycles. The second-order valence-electron chi connectivity index (χ2n) is 13.6. The van der Waals surface area contributed by atoms with Gasteiger partial charge >= 0.3 is 21.6 Å². The molecule has 0 aliphatic rings. The smallest absolute Gasteiger partial charge is 0.459 e. The molecule has 0 aliphatic heterocycles. The number of hydrogen-bond donors (Lipinski definition) is 2. The third-order valence-electron chi connectivity index (χ3n) is 7.06. The molecule has 11 nitrogen and oxygen atoms in total. The summed E-state index contributed by atoms with van der Waals surface area (Å²) in [6.07, 6.45) is 2.61. The van der Waals surface area contributed by atoms with Crippen molar-refractivity contribution in [2.75, 3.05) is 6.54 Å². The van der Waals surface area contributed by atoms with Crippen molar-refractivity contribution in [3.8, 4) is 28.3 Å². The molecule has 4 rings (SSSR count). The Hall–Kier alpha value is -4.90. The van der Waals surface area contributed by atoms with Gasteiger partial charge in [-0.2, -0.15) is 21.6 Å². The van der Waals surface area contributed by atoms with E-state index in [1.165, 1.54) is 23.7 Å². The van der Waals surface area contributed by atoms with E-state index in [2.05, 4.69) is 24.8 Å². The molecule has 1 atom stereocenters. The van der Waals surface area contributed by atoms with Gasteiger partial charge in [-0.3, -0.25) is 14.4 Å². The Labute approximate surface area is 301 Å². The highest BCUT2D eigenvalue weighted by Crippen LogP contribution is 2.31. The fraction of sp³-hybridized carbons (Fsp3) is 0.343. The molecule has 52 heavy (non-hydrogen) atoms. The summed E-state index contributed by atoms with van der Waals surface area (Å²) in [5, 5.41) is 5.32. The van der Waals surface area contributed by atoms with Crippen LogP contribution in [0.1, 0.15) is 61.7 Å². The van der Waals surface area contributed by atoms with Crippen LogP contribution in [0.15, 0.2) is 67.0 Å². The first-order valence-corrected chi connectivity index (χ1v) is 17.9. The van der Waals surface area contributed by atoms with Gasteiger partial charge in [0.2, 0.25) is 5.91 Å². The lowest BCUT2D eigenvalue weighted by molar-refractivity contribution is -0.154. The van der Waals surface area contributed by atoms with E-state index in [1.54, 1.807) is 51.1 Å². The largest absolute Gasteiger partial charge is 0.534 e. The fourth-order valence-electron chi connectivity index (χ4n) is 4.56. The Bertz CT molecular complexity index is 2040. The summed E-state index contributed by atoms with van der Waals surface area (Å²) in [4.78, 5) is 48.6. The summed E-state index contributed by atoms with van der Waals surface area (Å²) < 4.78 is 84.3. The Morgan fingerprint density at radius 2 is 1.52 bits per heavy atom. The van der Waals surface area contributed by atoms with E-state index in [0.717, 1.165) is 17.0 Å². The van der Waals surface area contributed by atoms with Gasteiger partial charge in [-0.15, -0.1) is 11.3 Å². The molecule has 0 aliphatic carbocycles. The molecule has 0 fully saturated rings. The minimum absolute atomic E-state index is 0.0622. The second-order valence-corrected chi connectivity index (χ2v) is 16.2. The normalized spacial score (nSPS) is 12.9. The van der Waals surface area contributed by atoms with E-state index in [4.69, 9.17) is 4.74 Å². The number of rotatable bonds is 11. The quantitative estimate of drug-likeness (QED) is 0.0772. The van der Waals surface area contributed by atoms with Crippen molar-refractivity contribution in [1.29, 1.82) is 0 Å². The van der Waals surface area contributed by atoms with Crippen LogP contribution in [0.25, 0.3) is 22.5 Å². The molecular weight excluding hydrogens is 729 g/mol. The van der Waals surface area contributed by atoms with Crippen LogP contribution in [0, 0.1) is 5.82 Å². The Morgan fingerprint density at radius 3 is 2.06 bits per heavy atom. The van der Waals surface area contributed by atoms with Crippen molar-refractivity contribution in [2.45, 2.75) is 70.5 Å². The van der Waals surface area contributed by atoms with Gasteiger partial charge in [0.25, 0.3) is 5.91 Å². The fourth-order valence-corrected chi connectivity index (χ4v) is 5.98. The predicted octanol–water partition coefficient (Wildman–Crippen LogP) is 6.34. The van der Waals surface area contributed by atoms with Crippen molar-refractivity contribution >= 4 is 39.2 Å². The van der Waals surface area contributed by atoms with Gasteiger partial charge < -0.3 is 19.6 Å². The van der Waals surface area contributed by atoms with Gasteiger partial charge in [0.1, 0.15) is 29.8 Å². The average Bonchev–Trinajstić information content (AvgIpc) is 3.54. The van der Waals surface area contributed by atoms with Gasteiger partial charge in [0, 0.05) is 46.4 Å². The van der Waals surface area contributed by atoms with Crippen molar-refractivity contribution in [3.63, 3.8) is 0 Å². The molecule has 278 valence electrons. The Morgan fingerprint density at radius 1 is 0.885 bits per heavy atom. The van der Waals surface area contributed by atoms with Crippen LogP contribution in [0.4, 0.5) is 17.6 Å². The molecule has 2 amide bonds. The monoisotopic (exact) mass is 764 g/mol. The number of carbonyl (C=O) groups excluding carboxylic acids is 3. The standard InChI is InChI=1S/C35H36F4N4O7S2/c1-33(2,3)28-14-13-27(51-28)32(46)43-26(31(45)42-19-29(44)49-34(4,5)6)15-20-7-9-21(10-8-20)30-40-17-22(18-41-30)24-12-11-23(16-25(24)36)50-52(47,48)35(37,38)39/h7-14,16-18,26H,15,19H2,1-6H3,(H,42,45)(H,43,46). The number of alkyl halides is 3. The first-order chi connectivity index (χ1) is 24.0. The van der Waals surface area contributed by atoms with E-state index in [9.17, 15) is 40.4 Å². The molecule has 0 saturated carbocycles. The molecule has 2 aromatic heterocycles. The highest BCUT2D eigenvalue weighted by atomic mass is 32.2. The first-order valence-electron chi connectivity index (χ1n) is 15.7. The van der Waals surface area contributed by atoms with Gasteiger partial charge in [-0.05, 0) is 56.0 Å². The van der Waals surface area contributed by atoms with Crippen LogP contribution < -0.4 is 14.8 Å². The number of aromatic nitrogens is 2. The van der Waals surface area contributed by atoms with Crippen LogP contribution in [-0.2, 0) is 36.3 Å². The molecule has 0 radical (unpaired) electrons. The molecule has 17 heteroatoms. The Kier molecular flexibility index (Phi) is 11.8. The lowest BCUT2D eigenvalue weighted by Crippen LogP contribution is -2.49. The number of benzene rings is 2. The maximum absolute atomic E-state index is 14.7. The molecule has 4 aromatic rings. The number of halogens is 4. The molecule has 2 aromatic carbocycles. The van der Waals surface area contributed by atoms with E-state index in [1.807, 2.05) is 26.8 Å². The number of nitrogens with one attached hydrogen (secondary N) is 2. The number of ether oxygens (including phenoxy) is 1. The number of nitrogens with zero attached hydrogens (tertiary/aromatic N) is 2. The molecule has 0 spiro atoms. The molecule has 1 unspecified atom stereocenters. The number of thiophene rings is 1. The summed E-state index contributed by atoms with van der Waals surface area (Å²) in [6.45, 7) is 10.8. The predicted molar refractivity (Wildman–Crippen MR) is 185 cm³/mol. The second kappa shape index (κ2) is 15.4. The summed E-state index contributed by atoms with van der Waals surface area (Å²) in [7, 11) is -5.97. The zero-order chi connectivity index (χ0) is 38.6. The van der Waals surface area contributed by atoms with Crippen LogP contribution in [0.5, 0.6) is 5.75 Å². The number of amides is 2. The van der Waals surface area contributed by atoms with E-state index >= 15 is 0 Å². The third-order valence-corrected chi connectivity index (χ3v) is 9.55. The van der Waals surface area contributed by atoms with E-state index < -0.39 is 63.2 Å². The van der Waals surface area contributed by atoms with Crippen molar-refractivity contribution in [3.05, 3.63) is 88.1 Å². The summed E-state index contributed by atoms with van der Waals surface area (Å²) in [6, 6.07) is 11.6.